The molecule has 13 nitrogen and oxygen atoms in total. The van der Waals surface area contributed by atoms with Crippen LogP contribution in [0.25, 0.3) is 21.6 Å². The second-order valence-corrected chi connectivity index (χ2v) is 18.1. The number of carboxylic acids is 1. The van der Waals surface area contributed by atoms with Crippen LogP contribution in [0.15, 0.2) is 35.7 Å². The van der Waals surface area contributed by atoms with Crippen LogP contribution < -0.4 is 15.4 Å². The molecule has 1 saturated heterocycles. The Morgan fingerprint density at radius 2 is 1.80 bits per heavy atom. The highest BCUT2D eigenvalue weighted by Gasteiger charge is 2.61. The van der Waals surface area contributed by atoms with Gasteiger partial charge in [-0.2, -0.15) is 4.98 Å². The Hall–Kier alpha value is -4.46. The molecule has 302 valence electrons. The molecule has 2 aliphatic carbocycles. The number of rotatable bonds is 7. The van der Waals surface area contributed by atoms with Gasteiger partial charge in [0.05, 0.1) is 17.8 Å². The third-order valence-electron chi connectivity index (χ3n) is 11.6. The number of allylic oxidation sites excluding steroid dienone is 1. The van der Waals surface area contributed by atoms with Crippen molar-refractivity contribution in [1.29, 1.82) is 0 Å². The lowest BCUT2D eigenvalue weighted by molar-refractivity contribution is -0.145. The molecule has 2 aromatic heterocycles. The van der Waals surface area contributed by atoms with Crippen LogP contribution >= 0.6 is 11.3 Å². The quantitative estimate of drug-likeness (QED) is 0.206. The average molecular weight is 789 g/mol. The summed E-state index contributed by atoms with van der Waals surface area (Å²) in [7, 11) is 0. The highest BCUT2D eigenvalue weighted by Crippen LogP contribution is 2.46. The van der Waals surface area contributed by atoms with Crippen molar-refractivity contribution in [3.63, 3.8) is 0 Å². The van der Waals surface area contributed by atoms with Crippen LogP contribution in [0.1, 0.15) is 129 Å². The number of carbonyl (C=O) groups is 4. The molecule has 2 saturated carbocycles. The SMILES string of the molecule is CC(C)n1c(O[C@@H]2C[C@H]3C(=O)N[C@]4(C(=O)O)C[C@H]4C=CCCCCC[C@H](NC(=O)OC(C)(C)C)C(=O)N3C2)nc2c(-c3nc(C4CCCCC4)cs3)cccc21. The van der Waals surface area contributed by atoms with Gasteiger partial charge in [-0.1, -0.05) is 50.3 Å². The lowest BCUT2D eigenvalue weighted by Crippen LogP contribution is -2.56. The van der Waals surface area contributed by atoms with Gasteiger partial charge in [0.2, 0.25) is 11.8 Å². The van der Waals surface area contributed by atoms with Crippen molar-refractivity contribution in [3.8, 4) is 16.6 Å². The molecular weight excluding hydrogens is 733 g/mol. The number of amides is 3. The number of carbonyl (C=O) groups excluding carboxylic acids is 3. The molecule has 4 aliphatic rings. The van der Waals surface area contributed by atoms with E-state index in [-0.39, 0.29) is 31.3 Å². The van der Waals surface area contributed by atoms with Gasteiger partial charge in [-0.05, 0) is 85.3 Å². The molecule has 2 aliphatic heterocycles. The zero-order chi connectivity index (χ0) is 39.8. The van der Waals surface area contributed by atoms with E-state index in [1.165, 1.54) is 37.0 Å². The highest BCUT2D eigenvalue weighted by atomic mass is 32.1. The summed E-state index contributed by atoms with van der Waals surface area (Å²) in [5.41, 5.74) is 1.51. The number of fused-ring (bicyclic) bond motifs is 3. The maximum Gasteiger partial charge on any atom is 0.408 e. The van der Waals surface area contributed by atoms with Crippen LogP contribution in [0.3, 0.4) is 0 Å². The van der Waals surface area contributed by atoms with E-state index in [2.05, 4.69) is 29.9 Å². The summed E-state index contributed by atoms with van der Waals surface area (Å²) < 4.78 is 14.3. The van der Waals surface area contributed by atoms with Crippen molar-refractivity contribution in [3.05, 3.63) is 41.4 Å². The number of carboxylic acid groups (broad SMARTS) is 1. The van der Waals surface area contributed by atoms with Gasteiger partial charge in [-0.3, -0.25) is 14.2 Å². The average Bonchev–Trinajstić information content (AvgIpc) is 3.50. The maximum absolute atomic E-state index is 14.5. The van der Waals surface area contributed by atoms with E-state index >= 15 is 0 Å². The van der Waals surface area contributed by atoms with Crippen molar-refractivity contribution in [2.24, 2.45) is 5.92 Å². The fourth-order valence-corrected chi connectivity index (χ4v) is 9.52. The molecule has 0 spiro atoms. The molecule has 1 aromatic carbocycles. The standard InChI is InChI=1S/C42H56N6O7S/c1-25(2)48-32-20-14-18-29(36-43-31(24-56-36)26-15-10-9-11-16-26)34(32)45-39(48)54-28-21-33-35(49)46-42(38(51)52)22-27(42)17-12-7-6-8-13-19-30(37(50)47(33)23-28)44-40(53)55-41(3,4)5/h12,14,17-18,20,24-28,30,33H,6-11,13,15-16,19,21-23H2,1-5H3,(H,44,53)(H,46,49)(H,51,52)/t27-,28-,30+,33+,42-/m1/s1. The number of imidazole rings is 1. The second-order valence-electron chi connectivity index (χ2n) is 17.3. The monoisotopic (exact) mass is 788 g/mol. The van der Waals surface area contributed by atoms with Crippen LogP contribution in [0.5, 0.6) is 6.01 Å². The molecular formula is C42H56N6O7S. The number of aromatic nitrogens is 3. The number of hydrogen-bond acceptors (Lipinski definition) is 9. The first-order valence-electron chi connectivity index (χ1n) is 20.4. The summed E-state index contributed by atoms with van der Waals surface area (Å²) in [5.74, 6) is -1.97. The Kier molecular flexibility index (Phi) is 11.5. The lowest BCUT2D eigenvalue weighted by Gasteiger charge is -2.30. The van der Waals surface area contributed by atoms with E-state index in [1.54, 1.807) is 32.1 Å². The van der Waals surface area contributed by atoms with Gasteiger partial charge in [0.25, 0.3) is 6.01 Å². The zero-order valence-corrected chi connectivity index (χ0v) is 34.0. The Balaban J connectivity index is 1.19. The summed E-state index contributed by atoms with van der Waals surface area (Å²) in [6.45, 7) is 9.41. The van der Waals surface area contributed by atoms with Gasteiger partial charge in [0.1, 0.15) is 39.9 Å². The summed E-state index contributed by atoms with van der Waals surface area (Å²) in [5, 5.41) is 19.0. The van der Waals surface area contributed by atoms with Gasteiger partial charge < -0.3 is 30.1 Å². The van der Waals surface area contributed by atoms with E-state index in [4.69, 9.17) is 19.4 Å². The summed E-state index contributed by atoms with van der Waals surface area (Å²) in [4.78, 5) is 65.9. The molecule has 3 fully saturated rings. The normalized spacial score (nSPS) is 26.6. The number of thiazole rings is 1. The van der Waals surface area contributed by atoms with E-state index in [0.717, 1.165) is 46.6 Å². The first-order chi connectivity index (χ1) is 26.7. The summed E-state index contributed by atoms with van der Waals surface area (Å²) >= 11 is 1.63. The fourth-order valence-electron chi connectivity index (χ4n) is 8.59. The van der Waals surface area contributed by atoms with Crippen LogP contribution in [-0.2, 0) is 19.1 Å². The molecule has 3 aromatic rings. The molecule has 0 radical (unpaired) electrons. The number of ether oxygens (including phenoxy) is 2. The number of nitrogens with one attached hydrogen (secondary N) is 2. The summed E-state index contributed by atoms with van der Waals surface area (Å²) in [6.07, 6.45) is 12.4. The van der Waals surface area contributed by atoms with Crippen molar-refractivity contribution in [2.75, 3.05) is 6.54 Å². The predicted molar refractivity (Wildman–Crippen MR) is 214 cm³/mol. The number of para-hydroxylation sites is 1. The second kappa shape index (κ2) is 16.2. The Morgan fingerprint density at radius 3 is 2.54 bits per heavy atom. The third kappa shape index (κ3) is 8.45. The molecule has 56 heavy (non-hydrogen) atoms. The third-order valence-corrected chi connectivity index (χ3v) is 12.5. The predicted octanol–water partition coefficient (Wildman–Crippen LogP) is 7.51. The van der Waals surface area contributed by atoms with Gasteiger partial charge in [0.15, 0.2) is 0 Å². The molecule has 3 N–H and O–H groups in total. The number of aliphatic carboxylic acids is 1. The molecule has 5 atom stereocenters. The molecule has 0 unspecified atom stereocenters. The van der Waals surface area contributed by atoms with E-state index in [0.29, 0.717) is 24.8 Å². The van der Waals surface area contributed by atoms with Crippen LogP contribution in [0.4, 0.5) is 4.79 Å². The topological polar surface area (TPSA) is 165 Å². The molecule has 4 heterocycles. The van der Waals surface area contributed by atoms with Crippen molar-refractivity contribution < 1.29 is 33.8 Å². The first kappa shape index (κ1) is 39.8. The van der Waals surface area contributed by atoms with E-state index in [9.17, 15) is 24.3 Å². The molecule has 14 heteroatoms. The number of alkyl carbamates (subject to hydrolysis) is 1. The van der Waals surface area contributed by atoms with E-state index in [1.807, 2.05) is 34.9 Å². The van der Waals surface area contributed by atoms with Gasteiger partial charge in [-0.15, -0.1) is 11.3 Å². The highest BCUT2D eigenvalue weighted by molar-refractivity contribution is 7.13. The van der Waals surface area contributed by atoms with Crippen LogP contribution in [0.2, 0.25) is 0 Å². The molecule has 3 amide bonds. The van der Waals surface area contributed by atoms with Gasteiger partial charge in [0, 0.05) is 35.2 Å². The number of nitrogens with zero attached hydrogens (tertiary/aromatic N) is 4. The molecule has 0 bridgehead atoms. The number of benzene rings is 1. The minimum Gasteiger partial charge on any atom is -0.479 e. The zero-order valence-electron chi connectivity index (χ0n) is 33.2. The smallest absolute Gasteiger partial charge is 0.408 e. The summed E-state index contributed by atoms with van der Waals surface area (Å²) in [6, 6.07) is 4.40. The minimum atomic E-state index is -1.44. The maximum atomic E-state index is 14.5. The number of hydrogen-bond donors (Lipinski definition) is 3. The first-order valence-corrected chi connectivity index (χ1v) is 21.3. The van der Waals surface area contributed by atoms with Gasteiger partial charge in [-0.25, -0.2) is 14.6 Å². The lowest BCUT2D eigenvalue weighted by atomic mass is 9.87. The Bertz CT molecular complexity index is 1980. The Labute approximate surface area is 332 Å². The minimum absolute atomic E-state index is 0.0335. The van der Waals surface area contributed by atoms with Gasteiger partial charge >= 0.3 is 12.1 Å². The van der Waals surface area contributed by atoms with Crippen molar-refractivity contribution in [2.45, 2.75) is 153 Å². The van der Waals surface area contributed by atoms with E-state index < -0.39 is 53.2 Å². The largest absolute Gasteiger partial charge is 0.479 e. The fraction of sp³-hybridized carbons (Fsp3) is 0.619. The van der Waals surface area contributed by atoms with Crippen LogP contribution in [-0.4, -0.2) is 84.3 Å². The van der Waals surface area contributed by atoms with Crippen molar-refractivity contribution in [1.82, 2.24) is 30.1 Å². The Morgan fingerprint density at radius 1 is 1.05 bits per heavy atom. The van der Waals surface area contributed by atoms with Crippen LogP contribution in [0, 0.1) is 5.92 Å². The molecule has 7 rings (SSSR count). The van der Waals surface area contributed by atoms with Crippen molar-refractivity contribution >= 4 is 46.2 Å².